The number of hydrogen-bond acceptors (Lipinski definition) is 4. The number of methoxy groups -OCH3 is 1. The Labute approximate surface area is 204 Å². The number of piperazine rings is 1. The number of nitrogens with one attached hydrogen (secondary N) is 1. The zero-order valence-corrected chi connectivity index (χ0v) is 21.5. The zero-order valence-electron chi connectivity index (χ0n) is 19.2. The van der Waals surface area contributed by atoms with E-state index in [1.165, 1.54) is 5.56 Å². The fourth-order valence-electron chi connectivity index (χ4n) is 4.19. The predicted molar refractivity (Wildman–Crippen MR) is 137 cm³/mol. The van der Waals surface area contributed by atoms with Gasteiger partial charge in [-0.15, -0.1) is 24.0 Å². The molecule has 2 saturated heterocycles. The van der Waals surface area contributed by atoms with E-state index in [4.69, 9.17) is 9.73 Å². The van der Waals surface area contributed by atoms with Gasteiger partial charge in [0.05, 0.1) is 13.2 Å². The SMILES string of the molecule is CCNC(=NCCc1ccc(OC)cc1)N1CCN(C(C)C(=O)N2CCCC2)CC1.I. The van der Waals surface area contributed by atoms with Crippen molar-refractivity contribution in [1.82, 2.24) is 20.0 Å². The van der Waals surface area contributed by atoms with Gasteiger partial charge in [0.15, 0.2) is 5.96 Å². The molecule has 2 aliphatic heterocycles. The molecule has 0 saturated carbocycles. The molecule has 1 aromatic carbocycles. The van der Waals surface area contributed by atoms with Gasteiger partial charge in [-0.3, -0.25) is 14.7 Å². The van der Waals surface area contributed by atoms with Crippen LogP contribution in [-0.2, 0) is 11.2 Å². The second-order valence-corrected chi connectivity index (χ2v) is 8.07. The lowest BCUT2D eigenvalue weighted by Gasteiger charge is -2.39. The maximum absolute atomic E-state index is 12.7. The summed E-state index contributed by atoms with van der Waals surface area (Å²) in [4.78, 5) is 24.2. The number of benzene rings is 1. The van der Waals surface area contributed by atoms with E-state index in [0.717, 1.165) is 83.3 Å². The second kappa shape index (κ2) is 13.1. The van der Waals surface area contributed by atoms with Gasteiger partial charge < -0.3 is 19.9 Å². The van der Waals surface area contributed by atoms with Crippen LogP contribution < -0.4 is 10.1 Å². The lowest BCUT2D eigenvalue weighted by atomic mass is 10.1. The van der Waals surface area contributed by atoms with Crippen LogP contribution in [0, 0.1) is 0 Å². The number of carbonyl (C=O) groups is 1. The number of halogens is 1. The van der Waals surface area contributed by atoms with Crippen LogP contribution in [0.15, 0.2) is 29.3 Å². The summed E-state index contributed by atoms with van der Waals surface area (Å²) in [6, 6.07) is 8.15. The Kier molecular flexibility index (Phi) is 10.9. The van der Waals surface area contributed by atoms with Gasteiger partial charge in [-0.2, -0.15) is 0 Å². The van der Waals surface area contributed by atoms with Gasteiger partial charge >= 0.3 is 0 Å². The molecule has 1 aromatic rings. The number of carbonyl (C=O) groups excluding carboxylic acids is 1. The summed E-state index contributed by atoms with van der Waals surface area (Å²) in [6.07, 6.45) is 3.19. The number of nitrogens with zero attached hydrogens (tertiary/aromatic N) is 4. The van der Waals surface area contributed by atoms with Gasteiger partial charge in [0.25, 0.3) is 0 Å². The molecule has 2 aliphatic rings. The van der Waals surface area contributed by atoms with Crippen LogP contribution in [0.3, 0.4) is 0 Å². The Balaban J connectivity index is 0.00000341. The molecular weight excluding hydrogens is 505 g/mol. The molecule has 3 rings (SSSR count). The van der Waals surface area contributed by atoms with E-state index in [0.29, 0.717) is 5.91 Å². The third-order valence-corrected chi connectivity index (χ3v) is 6.09. The van der Waals surface area contributed by atoms with Crippen molar-refractivity contribution in [2.24, 2.45) is 4.99 Å². The highest BCUT2D eigenvalue weighted by Crippen LogP contribution is 2.14. The molecule has 0 bridgehead atoms. The van der Waals surface area contributed by atoms with E-state index >= 15 is 0 Å². The minimum absolute atomic E-state index is 0. The van der Waals surface area contributed by atoms with E-state index < -0.39 is 0 Å². The highest BCUT2D eigenvalue weighted by atomic mass is 127. The molecule has 0 spiro atoms. The van der Waals surface area contributed by atoms with Gasteiger partial charge in [0, 0.05) is 52.4 Å². The van der Waals surface area contributed by atoms with Crippen molar-refractivity contribution in [2.45, 2.75) is 39.2 Å². The van der Waals surface area contributed by atoms with E-state index in [2.05, 4.69) is 41.1 Å². The van der Waals surface area contributed by atoms with Crippen LogP contribution in [-0.4, -0.2) is 92.1 Å². The molecule has 0 aliphatic carbocycles. The van der Waals surface area contributed by atoms with E-state index in [-0.39, 0.29) is 30.0 Å². The highest BCUT2D eigenvalue weighted by molar-refractivity contribution is 14.0. The third-order valence-electron chi connectivity index (χ3n) is 6.09. The summed E-state index contributed by atoms with van der Waals surface area (Å²) >= 11 is 0. The number of rotatable bonds is 7. The minimum Gasteiger partial charge on any atom is -0.497 e. The summed E-state index contributed by atoms with van der Waals surface area (Å²) in [7, 11) is 1.69. The topological polar surface area (TPSA) is 60.4 Å². The van der Waals surface area contributed by atoms with Crippen LogP contribution in [0.5, 0.6) is 5.75 Å². The zero-order chi connectivity index (χ0) is 21.3. The lowest BCUT2D eigenvalue weighted by Crippen LogP contribution is -2.57. The molecule has 1 unspecified atom stereocenters. The fourth-order valence-corrected chi connectivity index (χ4v) is 4.19. The fraction of sp³-hybridized carbons (Fsp3) is 0.652. The van der Waals surface area contributed by atoms with E-state index in [9.17, 15) is 4.79 Å². The molecule has 174 valence electrons. The Morgan fingerprint density at radius 3 is 2.29 bits per heavy atom. The predicted octanol–water partition coefficient (Wildman–Crippen LogP) is 2.45. The monoisotopic (exact) mass is 543 g/mol. The maximum Gasteiger partial charge on any atom is 0.239 e. The minimum atomic E-state index is -0.0279. The molecule has 1 N–H and O–H groups in total. The first-order valence-corrected chi connectivity index (χ1v) is 11.3. The Bertz CT molecular complexity index is 698. The van der Waals surface area contributed by atoms with Crippen LogP contribution in [0.1, 0.15) is 32.3 Å². The average Bonchev–Trinajstić information content (AvgIpc) is 3.33. The average molecular weight is 543 g/mol. The van der Waals surface area contributed by atoms with E-state index in [1.54, 1.807) is 7.11 Å². The second-order valence-electron chi connectivity index (χ2n) is 8.07. The number of hydrogen-bond donors (Lipinski definition) is 1. The first-order chi connectivity index (χ1) is 14.6. The van der Waals surface area contributed by atoms with Crippen molar-refractivity contribution in [3.63, 3.8) is 0 Å². The van der Waals surface area contributed by atoms with Crippen LogP contribution >= 0.6 is 24.0 Å². The molecule has 2 heterocycles. The third kappa shape index (κ3) is 7.24. The van der Waals surface area contributed by atoms with Crippen LogP contribution in [0.4, 0.5) is 0 Å². The summed E-state index contributed by atoms with van der Waals surface area (Å²) < 4.78 is 5.22. The van der Waals surface area contributed by atoms with Crippen molar-refractivity contribution >= 4 is 35.8 Å². The maximum atomic E-state index is 12.7. The smallest absolute Gasteiger partial charge is 0.239 e. The van der Waals surface area contributed by atoms with Gasteiger partial charge in [0.2, 0.25) is 5.91 Å². The van der Waals surface area contributed by atoms with Gasteiger partial charge in [0.1, 0.15) is 5.75 Å². The summed E-state index contributed by atoms with van der Waals surface area (Å²) in [5.41, 5.74) is 1.26. The molecular formula is C23H38IN5O2. The molecule has 0 radical (unpaired) electrons. The van der Waals surface area contributed by atoms with Crippen LogP contribution in [0.2, 0.25) is 0 Å². The molecule has 2 fully saturated rings. The molecule has 7 nitrogen and oxygen atoms in total. The first-order valence-electron chi connectivity index (χ1n) is 11.3. The highest BCUT2D eigenvalue weighted by Gasteiger charge is 2.30. The van der Waals surface area contributed by atoms with Gasteiger partial charge in [-0.25, -0.2) is 0 Å². The Morgan fingerprint density at radius 2 is 1.71 bits per heavy atom. The summed E-state index contributed by atoms with van der Waals surface area (Å²) in [6.45, 7) is 11.2. The largest absolute Gasteiger partial charge is 0.497 e. The standard InChI is InChI=1S/C23H37N5O2.HI/c1-4-24-23(25-12-11-20-7-9-21(30-3)10-8-20)28-17-15-26(16-18-28)19(2)22(29)27-13-5-6-14-27;/h7-10,19H,4-6,11-18H2,1-3H3,(H,24,25);1H. The quantitative estimate of drug-likeness (QED) is 0.326. The number of amides is 1. The first kappa shape index (κ1) is 25.7. The number of aliphatic imine (C=N–C) groups is 1. The van der Waals surface area contributed by atoms with Crippen molar-refractivity contribution < 1.29 is 9.53 Å². The van der Waals surface area contributed by atoms with Crippen molar-refractivity contribution in [3.8, 4) is 5.75 Å². The van der Waals surface area contributed by atoms with Crippen LogP contribution in [0.25, 0.3) is 0 Å². The molecule has 8 heteroatoms. The number of guanidine groups is 1. The van der Waals surface area contributed by atoms with E-state index in [1.807, 2.05) is 17.0 Å². The van der Waals surface area contributed by atoms with Gasteiger partial charge in [-0.05, 0) is 50.8 Å². The summed E-state index contributed by atoms with van der Waals surface area (Å²) in [5.74, 6) is 2.15. The molecule has 31 heavy (non-hydrogen) atoms. The number of ether oxygens (including phenoxy) is 1. The molecule has 1 atom stereocenters. The lowest BCUT2D eigenvalue weighted by molar-refractivity contribution is -0.135. The molecule has 0 aromatic heterocycles. The Morgan fingerprint density at radius 1 is 1.06 bits per heavy atom. The van der Waals surface area contributed by atoms with Crippen molar-refractivity contribution in [2.75, 3.05) is 59.5 Å². The van der Waals surface area contributed by atoms with Crippen molar-refractivity contribution in [1.29, 1.82) is 0 Å². The number of likely N-dealkylation sites (tertiary alicyclic amines) is 1. The normalized spacial score (nSPS) is 18.5. The van der Waals surface area contributed by atoms with Gasteiger partial charge in [-0.1, -0.05) is 12.1 Å². The Hall–Kier alpha value is -1.55. The van der Waals surface area contributed by atoms with Crippen molar-refractivity contribution in [3.05, 3.63) is 29.8 Å². The summed E-state index contributed by atoms with van der Waals surface area (Å²) in [5, 5.41) is 3.43. The molecule has 1 amide bonds.